The summed E-state index contributed by atoms with van der Waals surface area (Å²) >= 11 is 5.69. The Morgan fingerprint density at radius 3 is 1.41 bits per heavy atom. The number of nitrogens with two attached hydrogens (primary N) is 1. The molecule has 2 fully saturated rings. The zero-order chi connectivity index (χ0) is 51.5. The number of hydrogen-bond acceptors (Lipinski definition) is 12. The topological polar surface area (TPSA) is 168 Å². The first-order valence-electron chi connectivity index (χ1n) is 26.1. The molecule has 70 heavy (non-hydrogen) atoms. The number of halogens is 1. The molecule has 3 N–H and O–H groups in total. The van der Waals surface area contributed by atoms with E-state index >= 15 is 0 Å². The van der Waals surface area contributed by atoms with Gasteiger partial charge in [-0.15, -0.1) is 11.6 Å². The molecule has 2 saturated carbocycles. The van der Waals surface area contributed by atoms with Gasteiger partial charge in [0.1, 0.15) is 17.4 Å². The summed E-state index contributed by atoms with van der Waals surface area (Å²) in [6.07, 6.45) is 13.1. The van der Waals surface area contributed by atoms with Crippen LogP contribution in [0, 0.1) is 22.7 Å². The van der Waals surface area contributed by atoms with E-state index in [-0.39, 0.29) is 36.5 Å². The first-order valence-corrected chi connectivity index (χ1v) is 30.1. The van der Waals surface area contributed by atoms with E-state index in [0.717, 1.165) is 85.3 Å². The molecule has 398 valence electrons. The van der Waals surface area contributed by atoms with Crippen LogP contribution in [0.2, 0.25) is 0 Å². The van der Waals surface area contributed by atoms with Crippen molar-refractivity contribution in [1.82, 2.24) is 5.32 Å². The van der Waals surface area contributed by atoms with Gasteiger partial charge in [0.25, 0.3) is 0 Å². The molecule has 0 spiro atoms. The second kappa shape index (κ2) is 28.8. The molecule has 2 aromatic carbocycles. The number of anilines is 2. The van der Waals surface area contributed by atoms with Crippen molar-refractivity contribution in [3.8, 4) is 11.5 Å². The lowest BCUT2D eigenvalue weighted by Crippen LogP contribution is -2.38. The number of nitrogens with one attached hydrogen (secondary N) is 1. The molecule has 0 unspecified atom stereocenters. The molecular formula is C53H89ClN4O10P2. The third-order valence-corrected chi connectivity index (χ3v) is 18.3. The van der Waals surface area contributed by atoms with E-state index in [0.29, 0.717) is 75.6 Å². The largest absolute Gasteiger partial charge is 0.490 e. The molecular weight excluding hydrogens is 950 g/mol. The van der Waals surface area contributed by atoms with Crippen molar-refractivity contribution in [2.24, 2.45) is 28.4 Å². The Bertz CT molecular complexity index is 1990. The minimum absolute atomic E-state index is 0.00979. The van der Waals surface area contributed by atoms with E-state index in [1.54, 1.807) is 32.6 Å². The molecule has 17 heteroatoms. The maximum atomic E-state index is 12.8. The molecule has 2 aromatic rings. The minimum atomic E-state index is -3.09. The van der Waals surface area contributed by atoms with Crippen molar-refractivity contribution in [3.63, 3.8) is 0 Å². The van der Waals surface area contributed by atoms with Crippen molar-refractivity contribution >= 4 is 50.0 Å². The van der Waals surface area contributed by atoms with Crippen LogP contribution in [0.1, 0.15) is 138 Å². The van der Waals surface area contributed by atoms with E-state index in [4.69, 9.17) is 44.9 Å². The molecule has 0 saturated heterocycles. The van der Waals surface area contributed by atoms with Crippen LogP contribution in [0.25, 0.3) is 0 Å². The Labute approximate surface area is 426 Å². The van der Waals surface area contributed by atoms with Crippen LogP contribution in [0.5, 0.6) is 11.5 Å². The second-order valence-corrected chi connectivity index (χ2v) is 25.5. The monoisotopic (exact) mass is 1040 g/mol. The maximum Gasteiger partial charge on any atom is 0.331 e. The summed E-state index contributed by atoms with van der Waals surface area (Å²) in [6, 6.07) is 12.2. The number of benzene rings is 2. The van der Waals surface area contributed by atoms with E-state index in [2.05, 4.69) is 59.0 Å². The average molecular weight is 1040 g/mol. The van der Waals surface area contributed by atoms with Gasteiger partial charge in [0.05, 0.1) is 57.5 Å². The smallest absolute Gasteiger partial charge is 0.331 e. The lowest BCUT2D eigenvalue weighted by molar-refractivity contribution is -0.118. The van der Waals surface area contributed by atoms with Crippen molar-refractivity contribution < 1.29 is 46.3 Å². The number of carbonyl (C=O) groups is 2. The predicted molar refractivity (Wildman–Crippen MR) is 285 cm³/mol. The normalized spacial score (nSPS) is 20.4. The van der Waals surface area contributed by atoms with Crippen LogP contribution in [0.4, 0.5) is 11.4 Å². The number of ether oxygens (including phenoxy) is 2. The summed E-state index contributed by atoms with van der Waals surface area (Å²) in [5.41, 5.74) is 10.4. The van der Waals surface area contributed by atoms with Crippen LogP contribution in [-0.4, -0.2) is 101 Å². The molecule has 0 radical (unpaired) electrons. The highest BCUT2D eigenvalue weighted by atomic mass is 35.5. The third-order valence-electron chi connectivity index (χ3n) is 13.8. The number of fused-ring (bicyclic) bond motifs is 2. The fourth-order valence-corrected chi connectivity index (χ4v) is 13.3. The zero-order valence-corrected chi connectivity index (χ0v) is 46.9. The van der Waals surface area contributed by atoms with Gasteiger partial charge >= 0.3 is 15.2 Å². The highest BCUT2D eigenvalue weighted by Crippen LogP contribution is 2.49. The van der Waals surface area contributed by atoms with Crippen LogP contribution >= 0.6 is 26.8 Å². The van der Waals surface area contributed by atoms with Gasteiger partial charge in [0, 0.05) is 31.0 Å². The van der Waals surface area contributed by atoms with Crippen molar-refractivity contribution in [1.29, 1.82) is 0 Å². The molecule has 2 amide bonds. The average Bonchev–Trinajstić information content (AvgIpc) is 3.94. The fourth-order valence-electron chi connectivity index (χ4n) is 9.88. The van der Waals surface area contributed by atoms with E-state index in [1.807, 2.05) is 29.2 Å². The van der Waals surface area contributed by atoms with E-state index in [1.165, 1.54) is 31.2 Å². The van der Waals surface area contributed by atoms with Gasteiger partial charge in [0.2, 0.25) is 11.8 Å². The second-order valence-electron chi connectivity index (χ2n) is 20.9. The number of alkyl halides is 1. The van der Waals surface area contributed by atoms with Crippen molar-refractivity contribution in [3.05, 3.63) is 47.5 Å². The predicted octanol–water partition coefficient (Wildman–Crippen LogP) is 11.8. The lowest BCUT2D eigenvalue weighted by Gasteiger charge is -2.37. The fraction of sp³-hybridized carbons (Fsp3) is 0.736. The van der Waals surface area contributed by atoms with Gasteiger partial charge in [-0.25, -0.2) is 0 Å². The SMILES string of the molecule is CC(C)(C)C1CCC(Oc2ccc3c(c2)CCN3C(=O)CCl)CC1.CCOP(=O)(CCCN)OCC.CCOP(=O)(CCNCC(=O)N1CCc2cc(OC3CCC(C(C)(C)C)CC3)ccc21)OCC. The Balaban J connectivity index is 0.000000256. The molecule has 2 aliphatic carbocycles. The summed E-state index contributed by atoms with van der Waals surface area (Å²) in [5, 5.41) is 3.10. The Morgan fingerprint density at radius 2 is 1.04 bits per heavy atom. The molecule has 0 atom stereocenters. The van der Waals surface area contributed by atoms with Crippen molar-refractivity contribution in [2.75, 3.05) is 87.2 Å². The van der Waals surface area contributed by atoms with Gasteiger partial charge in [0.15, 0.2) is 0 Å². The van der Waals surface area contributed by atoms with Gasteiger partial charge in [-0.2, -0.15) is 0 Å². The van der Waals surface area contributed by atoms with Gasteiger partial charge in [-0.3, -0.25) is 18.7 Å². The van der Waals surface area contributed by atoms with Gasteiger partial charge in [-0.1, -0.05) is 41.5 Å². The van der Waals surface area contributed by atoms with Gasteiger partial charge < -0.3 is 48.4 Å². The highest BCUT2D eigenvalue weighted by Gasteiger charge is 2.33. The van der Waals surface area contributed by atoms with Crippen LogP contribution in [0.3, 0.4) is 0 Å². The molecule has 2 heterocycles. The Morgan fingerprint density at radius 1 is 0.643 bits per heavy atom. The lowest BCUT2D eigenvalue weighted by atomic mass is 9.72. The maximum absolute atomic E-state index is 12.8. The van der Waals surface area contributed by atoms with E-state index < -0.39 is 15.2 Å². The molecule has 0 bridgehead atoms. The molecule has 4 aliphatic rings. The van der Waals surface area contributed by atoms with Crippen LogP contribution in [0.15, 0.2) is 36.4 Å². The highest BCUT2D eigenvalue weighted by molar-refractivity contribution is 7.54. The van der Waals surface area contributed by atoms with Crippen LogP contribution in [-0.2, 0) is 49.7 Å². The standard InChI is InChI=1S/C26H43N2O5P.C20H28ClNO2.C7H18NO3P/c1-6-31-34(30,32-7-2)17-15-27-19-25(29)28-16-14-20-18-23(12-13-24(20)28)33-22-10-8-21(9-11-22)26(3,4)5;1-20(2,3)15-4-6-16(7-5-15)24-17-8-9-18-14(12-17)10-11-22(18)19(23)13-21;1-3-10-12(9,11-4-2)7-5-6-8/h12-13,18,21-22,27H,6-11,14-17,19H2,1-5H3;8-9,12,15-16H,4-7,10-11,13H2,1-3H3;3-8H2,1-2H3. The summed E-state index contributed by atoms with van der Waals surface area (Å²) in [6.45, 7) is 25.2. The third kappa shape index (κ3) is 18.8. The summed E-state index contributed by atoms with van der Waals surface area (Å²) in [5.74, 6) is 3.44. The molecule has 2 aliphatic heterocycles. The number of hydrogen-bond donors (Lipinski definition) is 2. The van der Waals surface area contributed by atoms with Gasteiger partial charge in [-0.05, 0) is 175 Å². The van der Waals surface area contributed by atoms with E-state index in [9.17, 15) is 18.7 Å². The number of nitrogens with zero attached hydrogens (tertiary/aromatic N) is 2. The number of carbonyl (C=O) groups excluding carboxylic acids is 2. The van der Waals surface area contributed by atoms with Crippen molar-refractivity contribution in [2.45, 2.75) is 152 Å². The molecule has 6 rings (SSSR count). The first-order chi connectivity index (χ1) is 33.2. The molecule has 0 aromatic heterocycles. The minimum Gasteiger partial charge on any atom is -0.490 e. The summed E-state index contributed by atoms with van der Waals surface area (Å²) in [4.78, 5) is 28.3. The first kappa shape index (κ1) is 60.0. The summed E-state index contributed by atoms with van der Waals surface area (Å²) < 4.78 is 57.4. The number of amides is 2. The zero-order valence-electron chi connectivity index (χ0n) is 44.4. The Kier molecular flexibility index (Phi) is 24.7. The van der Waals surface area contributed by atoms with Crippen LogP contribution < -0.4 is 30.3 Å². The summed E-state index contributed by atoms with van der Waals surface area (Å²) in [7, 11) is -5.91. The number of rotatable bonds is 21. The quantitative estimate of drug-likeness (QED) is 0.0691. The molecule has 14 nitrogen and oxygen atoms in total. The Hall–Kier alpha value is -2.51.